The minimum Gasteiger partial charge on any atom is -0.489 e. The Hall–Kier alpha value is -3.22. The van der Waals surface area contributed by atoms with Crippen LogP contribution in [-0.4, -0.2) is 32.5 Å². The van der Waals surface area contributed by atoms with Crippen molar-refractivity contribution in [3.05, 3.63) is 69.1 Å². The van der Waals surface area contributed by atoms with Gasteiger partial charge in [-0.15, -0.1) is 0 Å². The van der Waals surface area contributed by atoms with Crippen molar-refractivity contribution in [3.63, 3.8) is 0 Å². The SMILES string of the molecule is CN=C(C)c1ccc(C)c(OCc2c(C3CC3)cccc2-n2nnn(C)c2=O)c1. The summed E-state index contributed by atoms with van der Waals surface area (Å²) in [6.07, 6.45) is 2.32. The van der Waals surface area contributed by atoms with Crippen molar-refractivity contribution in [1.82, 2.24) is 19.8 Å². The number of benzene rings is 2. The first kappa shape index (κ1) is 19.1. The van der Waals surface area contributed by atoms with Gasteiger partial charge in [0, 0.05) is 25.4 Å². The first-order valence-corrected chi connectivity index (χ1v) is 9.78. The molecular formula is C22H25N5O2. The highest BCUT2D eigenvalue weighted by molar-refractivity contribution is 5.99. The summed E-state index contributed by atoms with van der Waals surface area (Å²) >= 11 is 0. The number of rotatable bonds is 6. The molecule has 0 N–H and O–H groups in total. The second kappa shape index (κ2) is 7.66. The topological polar surface area (TPSA) is 74.3 Å². The maximum absolute atomic E-state index is 12.4. The van der Waals surface area contributed by atoms with Gasteiger partial charge in [0.2, 0.25) is 0 Å². The highest BCUT2D eigenvalue weighted by atomic mass is 16.5. The molecule has 150 valence electrons. The van der Waals surface area contributed by atoms with Gasteiger partial charge in [-0.05, 0) is 71.9 Å². The number of nitrogens with zero attached hydrogens (tertiary/aromatic N) is 5. The zero-order valence-electron chi connectivity index (χ0n) is 17.2. The third-order valence-corrected chi connectivity index (χ3v) is 5.47. The van der Waals surface area contributed by atoms with Crippen LogP contribution in [-0.2, 0) is 13.7 Å². The summed E-state index contributed by atoms with van der Waals surface area (Å²) in [5.41, 5.74) is 5.72. The maximum Gasteiger partial charge on any atom is 0.368 e. The third-order valence-electron chi connectivity index (χ3n) is 5.47. The number of tetrazole rings is 1. The fourth-order valence-corrected chi connectivity index (χ4v) is 3.45. The minimum absolute atomic E-state index is 0.271. The van der Waals surface area contributed by atoms with Gasteiger partial charge in [-0.25, -0.2) is 4.79 Å². The van der Waals surface area contributed by atoms with Gasteiger partial charge >= 0.3 is 5.69 Å². The van der Waals surface area contributed by atoms with Crippen molar-refractivity contribution in [1.29, 1.82) is 0 Å². The Morgan fingerprint density at radius 2 is 2.03 bits per heavy atom. The van der Waals surface area contributed by atoms with Crippen molar-refractivity contribution in [2.24, 2.45) is 12.0 Å². The van der Waals surface area contributed by atoms with Crippen LogP contribution >= 0.6 is 0 Å². The molecule has 1 saturated carbocycles. The van der Waals surface area contributed by atoms with Crippen molar-refractivity contribution >= 4 is 5.71 Å². The fraction of sp³-hybridized carbons (Fsp3) is 0.364. The van der Waals surface area contributed by atoms with Gasteiger partial charge in [-0.3, -0.25) is 4.99 Å². The Kier molecular flexibility index (Phi) is 5.05. The van der Waals surface area contributed by atoms with Crippen molar-refractivity contribution in [2.45, 2.75) is 39.2 Å². The molecule has 0 bridgehead atoms. The largest absolute Gasteiger partial charge is 0.489 e. The number of ether oxygens (including phenoxy) is 1. The van der Waals surface area contributed by atoms with Crippen LogP contribution in [0.5, 0.6) is 5.75 Å². The van der Waals surface area contributed by atoms with E-state index in [0.717, 1.165) is 46.7 Å². The lowest BCUT2D eigenvalue weighted by Gasteiger charge is -2.16. The van der Waals surface area contributed by atoms with Gasteiger partial charge in [-0.1, -0.05) is 24.3 Å². The summed E-state index contributed by atoms with van der Waals surface area (Å²) < 4.78 is 8.84. The van der Waals surface area contributed by atoms with E-state index in [-0.39, 0.29) is 5.69 Å². The maximum atomic E-state index is 12.4. The fourth-order valence-electron chi connectivity index (χ4n) is 3.45. The van der Waals surface area contributed by atoms with E-state index < -0.39 is 0 Å². The normalized spacial score (nSPS) is 14.3. The van der Waals surface area contributed by atoms with Crippen molar-refractivity contribution in [2.75, 3.05) is 7.05 Å². The number of hydrogen-bond donors (Lipinski definition) is 0. The molecule has 29 heavy (non-hydrogen) atoms. The first-order valence-electron chi connectivity index (χ1n) is 9.78. The Morgan fingerprint density at radius 3 is 2.69 bits per heavy atom. The van der Waals surface area contributed by atoms with E-state index in [9.17, 15) is 4.79 Å². The summed E-state index contributed by atoms with van der Waals surface area (Å²) in [6, 6.07) is 12.1. The smallest absolute Gasteiger partial charge is 0.368 e. The van der Waals surface area contributed by atoms with E-state index in [0.29, 0.717) is 12.5 Å². The lowest BCUT2D eigenvalue weighted by atomic mass is 10.0. The zero-order valence-corrected chi connectivity index (χ0v) is 17.2. The monoisotopic (exact) mass is 391 g/mol. The average molecular weight is 391 g/mol. The molecule has 1 aliphatic rings. The van der Waals surface area contributed by atoms with Crippen LogP contribution in [0.25, 0.3) is 5.69 Å². The van der Waals surface area contributed by atoms with E-state index in [2.05, 4.69) is 21.5 Å². The van der Waals surface area contributed by atoms with E-state index in [1.54, 1.807) is 14.1 Å². The van der Waals surface area contributed by atoms with E-state index in [1.807, 2.05) is 44.2 Å². The van der Waals surface area contributed by atoms with E-state index in [1.165, 1.54) is 14.9 Å². The summed E-state index contributed by atoms with van der Waals surface area (Å²) in [7, 11) is 3.38. The third kappa shape index (κ3) is 3.72. The van der Waals surface area contributed by atoms with Crippen molar-refractivity contribution in [3.8, 4) is 11.4 Å². The summed E-state index contributed by atoms with van der Waals surface area (Å²) in [4.78, 5) is 16.7. The van der Waals surface area contributed by atoms with Crippen LogP contribution in [0.3, 0.4) is 0 Å². The zero-order chi connectivity index (χ0) is 20.5. The van der Waals surface area contributed by atoms with Gasteiger partial charge in [-0.2, -0.15) is 9.36 Å². The highest BCUT2D eigenvalue weighted by Gasteiger charge is 2.28. The van der Waals surface area contributed by atoms with Crippen LogP contribution in [0, 0.1) is 6.92 Å². The molecule has 7 nitrogen and oxygen atoms in total. The predicted molar refractivity (Wildman–Crippen MR) is 112 cm³/mol. The Morgan fingerprint density at radius 1 is 1.24 bits per heavy atom. The lowest BCUT2D eigenvalue weighted by Crippen LogP contribution is -2.23. The van der Waals surface area contributed by atoms with Gasteiger partial charge in [0.1, 0.15) is 12.4 Å². The standard InChI is InChI=1S/C22H25N5O2/c1-14-8-9-17(15(2)23-3)12-21(14)29-13-19-18(16-10-11-16)6-5-7-20(19)27-22(28)26(4)24-25-27/h5-9,12,16H,10-11,13H2,1-4H3. The highest BCUT2D eigenvalue weighted by Crippen LogP contribution is 2.43. The van der Waals surface area contributed by atoms with Crippen LogP contribution in [0.4, 0.5) is 0 Å². The molecule has 0 radical (unpaired) electrons. The Balaban J connectivity index is 1.72. The molecule has 1 aromatic heterocycles. The Bertz CT molecular complexity index is 1140. The molecule has 1 fully saturated rings. The molecule has 0 aliphatic heterocycles. The number of aliphatic imine (C=N–C) groups is 1. The predicted octanol–water partition coefficient (Wildman–Crippen LogP) is 3.17. The van der Waals surface area contributed by atoms with Gasteiger partial charge in [0.25, 0.3) is 0 Å². The average Bonchev–Trinajstić information content (AvgIpc) is 3.52. The van der Waals surface area contributed by atoms with Crippen molar-refractivity contribution < 1.29 is 4.74 Å². The van der Waals surface area contributed by atoms with Crippen LogP contribution in [0.2, 0.25) is 0 Å². The minimum atomic E-state index is -0.271. The number of aromatic nitrogens is 4. The van der Waals surface area contributed by atoms with Gasteiger partial charge in [0.05, 0.1) is 5.69 Å². The Labute approximate surface area is 169 Å². The second-order valence-electron chi connectivity index (χ2n) is 7.49. The molecule has 0 saturated heterocycles. The summed E-state index contributed by atoms with van der Waals surface area (Å²) in [5, 5.41) is 7.89. The second-order valence-corrected chi connectivity index (χ2v) is 7.49. The van der Waals surface area contributed by atoms with Gasteiger partial charge < -0.3 is 4.74 Å². The lowest BCUT2D eigenvalue weighted by molar-refractivity contribution is 0.302. The molecule has 2 aromatic carbocycles. The molecule has 0 unspecified atom stereocenters. The molecule has 1 aliphatic carbocycles. The molecule has 7 heteroatoms. The molecule has 4 rings (SSSR count). The van der Waals surface area contributed by atoms with Crippen LogP contribution in [0.1, 0.15) is 47.9 Å². The quantitative estimate of drug-likeness (QED) is 0.605. The molecule has 0 spiro atoms. The molecule has 1 heterocycles. The molecule has 0 amide bonds. The number of aryl methyl sites for hydroxylation is 2. The molecular weight excluding hydrogens is 366 g/mol. The number of hydrogen-bond acceptors (Lipinski definition) is 5. The summed E-state index contributed by atoms with van der Waals surface area (Å²) in [5.74, 6) is 1.33. The van der Waals surface area contributed by atoms with Crippen LogP contribution < -0.4 is 10.4 Å². The van der Waals surface area contributed by atoms with E-state index >= 15 is 0 Å². The van der Waals surface area contributed by atoms with Crippen LogP contribution in [0.15, 0.2) is 46.2 Å². The van der Waals surface area contributed by atoms with Gasteiger partial charge in [0.15, 0.2) is 0 Å². The summed E-state index contributed by atoms with van der Waals surface area (Å²) in [6.45, 7) is 4.37. The molecule has 3 aromatic rings. The van der Waals surface area contributed by atoms with E-state index in [4.69, 9.17) is 4.74 Å². The molecule has 0 atom stereocenters. The first-order chi connectivity index (χ1) is 14.0.